The molecular formula is C11H11ClFN3. The minimum Gasteiger partial charge on any atom is -0.323 e. The fraction of sp³-hybridized carbons (Fsp3) is 0.182. The van der Waals surface area contributed by atoms with Crippen molar-refractivity contribution in [2.45, 2.75) is 13.0 Å². The van der Waals surface area contributed by atoms with E-state index in [9.17, 15) is 4.39 Å². The normalized spacial score (nSPS) is 12.8. The Kier molecular flexibility index (Phi) is 2.94. The summed E-state index contributed by atoms with van der Waals surface area (Å²) < 4.78 is 15.2. The van der Waals surface area contributed by atoms with E-state index in [4.69, 9.17) is 17.3 Å². The van der Waals surface area contributed by atoms with E-state index in [1.165, 1.54) is 18.5 Å². The van der Waals surface area contributed by atoms with Gasteiger partial charge in [-0.1, -0.05) is 11.6 Å². The van der Waals surface area contributed by atoms with Gasteiger partial charge in [-0.05, 0) is 25.1 Å². The van der Waals surface area contributed by atoms with E-state index >= 15 is 0 Å². The standard InChI is InChI=1S/C11H11ClFN3/c1-7(14)11-5-15-6-16(11)10-4-8(12)2-3-9(10)13/h2-7H,14H2,1H3/t7-/m0/s1. The Hall–Kier alpha value is -1.39. The summed E-state index contributed by atoms with van der Waals surface area (Å²) >= 11 is 5.83. The second-order valence-electron chi connectivity index (χ2n) is 3.57. The summed E-state index contributed by atoms with van der Waals surface area (Å²) in [6.45, 7) is 1.82. The lowest BCUT2D eigenvalue weighted by atomic mass is 10.2. The maximum absolute atomic E-state index is 13.6. The number of imidazole rings is 1. The van der Waals surface area contributed by atoms with Gasteiger partial charge < -0.3 is 5.73 Å². The van der Waals surface area contributed by atoms with Crippen LogP contribution in [0.25, 0.3) is 5.69 Å². The summed E-state index contributed by atoms with van der Waals surface area (Å²) in [6, 6.07) is 4.15. The molecular weight excluding hydrogens is 229 g/mol. The van der Waals surface area contributed by atoms with Gasteiger partial charge in [0.1, 0.15) is 5.82 Å². The Bertz CT molecular complexity index is 508. The third-order valence-electron chi connectivity index (χ3n) is 2.30. The largest absolute Gasteiger partial charge is 0.323 e. The third-order valence-corrected chi connectivity index (χ3v) is 2.54. The molecule has 1 heterocycles. The molecule has 2 aromatic rings. The molecule has 3 nitrogen and oxygen atoms in total. The SMILES string of the molecule is C[C@H](N)c1cncn1-c1cc(Cl)ccc1F. The first-order valence-corrected chi connectivity index (χ1v) is 5.20. The first-order valence-electron chi connectivity index (χ1n) is 4.83. The van der Waals surface area contributed by atoms with Crippen LogP contribution in [-0.2, 0) is 0 Å². The van der Waals surface area contributed by atoms with Crippen molar-refractivity contribution in [2.75, 3.05) is 0 Å². The number of halogens is 2. The molecule has 0 radical (unpaired) electrons. The van der Waals surface area contributed by atoms with Crippen LogP contribution in [0.15, 0.2) is 30.7 Å². The number of rotatable bonds is 2. The van der Waals surface area contributed by atoms with Crippen LogP contribution in [0.3, 0.4) is 0 Å². The van der Waals surface area contributed by atoms with Crippen LogP contribution >= 0.6 is 11.6 Å². The van der Waals surface area contributed by atoms with Crippen LogP contribution in [0.5, 0.6) is 0 Å². The van der Waals surface area contributed by atoms with Crippen molar-refractivity contribution in [1.29, 1.82) is 0 Å². The molecule has 1 aromatic heterocycles. The maximum atomic E-state index is 13.6. The van der Waals surface area contributed by atoms with Crippen molar-refractivity contribution >= 4 is 11.6 Å². The van der Waals surface area contributed by atoms with Crippen molar-refractivity contribution in [3.8, 4) is 5.69 Å². The van der Waals surface area contributed by atoms with E-state index in [1.54, 1.807) is 16.8 Å². The summed E-state index contributed by atoms with van der Waals surface area (Å²) in [5.74, 6) is -0.357. The van der Waals surface area contributed by atoms with Gasteiger partial charge in [-0.25, -0.2) is 9.37 Å². The molecule has 2 rings (SSSR count). The third kappa shape index (κ3) is 1.94. The first kappa shape index (κ1) is 11.1. The molecule has 2 N–H and O–H groups in total. The zero-order valence-corrected chi connectivity index (χ0v) is 9.45. The van der Waals surface area contributed by atoms with E-state index in [1.807, 2.05) is 6.92 Å². The Morgan fingerprint density at radius 3 is 2.94 bits per heavy atom. The Morgan fingerprint density at radius 1 is 1.50 bits per heavy atom. The molecule has 0 unspecified atom stereocenters. The van der Waals surface area contributed by atoms with Gasteiger partial charge in [-0.15, -0.1) is 0 Å². The molecule has 0 amide bonds. The lowest BCUT2D eigenvalue weighted by Crippen LogP contribution is -2.11. The van der Waals surface area contributed by atoms with Crippen molar-refractivity contribution in [3.63, 3.8) is 0 Å². The van der Waals surface area contributed by atoms with E-state index in [2.05, 4.69) is 4.98 Å². The van der Waals surface area contributed by atoms with Crippen molar-refractivity contribution in [1.82, 2.24) is 9.55 Å². The number of nitrogens with two attached hydrogens (primary N) is 1. The molecule has 1 aromatic carbocycles. The molecule has 0 spiro atoms. The summed E-state index contributed by atoms with van der Waals surface area (Å²) in [5.41, 5.74) is 6.86. The number of hydrogen-bond acceptors (Lipinski definition) is 2. The molecule has 0 aliphatic rings. The summed E-state index contributed by atoms with van der Waals surface area (Å²) in [6.07, 6.45) is 3.14. The van der Waals surface area contributed by atoms with Crippen LogP contribution in [0.1, 0.15) is 18.7 Å². The smallest absolute Gasteiger partial charge is 0.147 e. The second kappa shape index (κ2) is 4.23. The fourth-order valence-electron chi connectivity index (χ4n) is 1.51. The van der Waals surface area contributed by atoms with Gasteiger partial charge in [-0.2, -0.15) is 0 Å². The highest BCUT2D eigenvalue weighted by Crippen LogP contribution is 2.22. The Balaban J connectivity index is 2.58. The first-order chi connectivity index (χ1) is 7.59. The molecule has 0 saturated heterocycles. The maximum Gasteiger partial charge on any atom is 0.147 e. The molecule has 5 heteroatoms. The number of nitrogens with zero attached hydrogens (tertiary/aromatic N) is 2. The highest BCUT2D eigenvalue weighted by Gasteiger charge is 2.12. The lowest BCUT2D eigenvalue weighted by molar-refractivity contribution is 0.612. The molecule has 16 heavy (non-hydrogen) atoms. The van der Waals surface area contributed by atoms with Crippen molar-refractivity contribution < 1.29 is 4.39 Å². The molecule has 0 aliphatic heterocycles. The topological polar surface area (TPSA) is 43.8 Å². The van der Waals surface area contributed by atoms with Gasteiger partial charge >= 0.3 is 0 Å². The minimum atomic E-state index is -0.357. The van der Waals surface area contributed by atoms with E-state index in [0.717, 1.165) is 5.69 Å². The second-order valence-corrected chi connectivity index (χ2v) is 4.01. The van der Waals surface area contributed by atoms with Gasteiger partial charge in [0.2, 0.25) is 0 Å². The van der Waals surface area contributed by atoms with Gasteiger partial charge in [0.05, 0.1) is 23.9 Å². The minimum absolute atomic E-state index is 0.221. The molecule has 0 bridgehead atoms. The average Bonchev–Trinajstić information content (AvgIpc) is 2.70. The summed E-state index contributed by atoms with van der Waals surface area (Å²) in [7, 11) is 0. The predicted molar refractivity (Wildman–Crippen MR) is 61.1 cm³/mol. The van der Waals surface area contributed by atoms with Crippen LogP contribution in [0, 0.1) is 5.82 Å². The van der Waals surface area contributed by atoms with Crippen LogP contribution < -0.4 is 5.73 Å². The highest BCUT2D eigenvalue weighted by atomic mass is 35.5. The Labute approximate surface area is 97.7 Å². The zero-order valence-electron chi connectivity index (χ0n) is 8.69. The zero-order chi connectivity index (χ0) is 11.7. The van der Waals surface area contributed by atoms with E-state index in [0.29, 0.717) is 10.7 Å². The van der Waals surface area contributed by atoms with Gasteiger partial charge in [0, 0.05) is 11.1 Å². The summed E-state index contributed by atoms with van der Waals surface area (Å²) in [4.78, 5) is 3.96. The number of benzene rings is 1. The van der Waals surface area contributed by atoms with Gasteiger partial charge in [-0.3, -0.25) is 4.57 Å². The van der Waals surface area contributed by atoms with E-state index in [-0.39, 0.29) is 11.9 Å². The Morgan fingerprint density at radius 2 is 2.25 bits per heavy atom. The molecule has 0 fully saturated rings. The highest BCUT2D eigenvalue weighted by molar-refractivity contribution is 6.30. The quantitative estimate of drug-likeness (QED) is 0.876. The van der Waals surface area contributed by atoms with Crippen LogP contribution in [-0.4, -0.2) is 9.55 Å². The van der Waals surface area contributed by atoms with E-state index < -0.39 is 0 Å². The van der Waals surface area contributed by atoms with Crippen LogP contribution in [0.2, 0.25) is 5.02 Å². The lowest BCUT2D eigenvalue weighted by Gasteiger charge is -2.11. The van der Waals surface area contributed by atoms with Crippen LogP contribution in [0.4, 0.5) is 4.39 Å². The summed E-state index contributed by atoms with van der Waals surface area (Å²) in [5, 5.41) is 0.473. The molecule has 0 saturated carbocycles. The molecule has 1 atom stereocenters. The number of aromatic nitrogens is 2. The van der Waals surface area contributed by atoms with Crippen molar-refractivity contribution in [2.24, 2.45) is 5.73 Å². The van der Waals surface area contributed by atoms with Gasteiger partial charge in [0.25, 0.3) is 0 Å². The predicted octanol–water partition coefficient (Wildman–Crippen LogP) is 2.68. The fourth-order valence-corrected chi connectivity index (χ4v) is 1.68. The number of hydrogen-bond donors (Lipinski definition) is 1. The average molecular weight is 240 g/mol. The molecule has 84 valence electrons. The molecule has 0 aliphatic carbocycles. The van der Waals surface area contributed by atoms with Gasteiger partial charge in [0.15, 0.2) is 0 Å². The monoisotopic (exact) mass is 239 g/mol. The van der Waals surface area contributed by atoms with Crippen molar-refractivity contribution in [3.05, 3.63) is 47.3 Å².